The van der Waals surface area contributed by atoms with E-state index in [1.165, 1.54) is 23.5 Å². The average Bonchev–Trinajstić information content (AvgIpc) is 2.58. The molecule has 1 aromatic carbocycles. The van der Waals surface area contributed by atoms with Crippen molar-refractivity contribution in [1.29, 1.82) is 0 Å². The number of benzene rings is 1. The molecule has 0 fully saturated rings. The van der Waals surface area contributed by atoms with Gasteiger partial charge in [0, 0.05) is 17.3 Å². The number of carbonyl (C=O) groups excluding carboxylic acids is 2. The quantitative estimate of drug-likeness (QED) is 0.661. The molecule has 2 rings (SSSR count). The van der Waals surface area contributed by atoms with Gasteiger partial charge in [-0.25, -0.2) is 0 Å². The molecule has 0 saturated carbocycles. The molecule has 24 heavy (non-hydrogen) atoms. The van der Waals surface area contributed by atoms with Crippen molar-refractivity contribution in [3.8, 4) is 0 Å². The summed E-state index contributed by atoms with van der Waals surface area (Å²) in [6.07, 6.45) is 3.02. The maximum Gasteiger partial charge on any atom is 0.271 e. The van der Waals surface area contributed by atoms with E-state index in [4.69, 9.17) is 0 Å². The molecule has 2 N–H and O–H groups in total. The summed E-state index contributed by atoms with van der Waals surface area (Å²) >= 11 is 1.42. The third kappa shape index (κ3) is 5.38. The van der Waals surface area contributed by atoms with Gasteiger partial charge < -0.3 is 0 Å². The molecule has 2 amide bonds. The minimum absolute atomic E-state index is 0.108. The van der Waals surface area contributed by atoms with E-state index < -0.39 is 5.91 Å². The summed E-state index contributed by atoms with van der Waals surface area (Å²) in [4.78, 5) is 28.5. The second kappa shape index (κ2) is 7.97. The number of nitrogens with zero attached hydrogens (tertiary/aromatic N) is 1. The number of rotatable bonds is 4. The van der Waals surface area contributed by atoms with Gasteiger partial charge in [0.05, 0.1) is 11.3 Å². The molecule has 1 aromatic heterocycles. The van der Waals surface area contributed by atoms with E-state index in [0.29, 0.717) is 5.56 Å². The van der Waals surface area contributed by atoms with Gasteiger partial charge in [-0.15, -0.1) is 11.8 Å². The molecule has 0 aliphatic carbocycles. The highest BCUT2D eigenvalue weighted by Crippen LogP contribution is 2.25. The van der Waals surface area contributed by atoms with Crippen LogP contribution < -0.4 is 10.9 Å². The second-order valence-corrected chi connectivity index (χ2v) is 7.36. The summed E-state index contributed by atoms with van der Waals surface area (Å²) < 4.78 is 0. The molecule has 1 heterocycles. The highest BCUT2D eigenvalue weighted by atomic mass is 32.2. The van der Waals surface area contributed by atoms with Crippen molar-refractivity contribution in [3.63, 3.8) is 0 Å². The number of hydrogen-bond donors (Lipinski definition) is 2. The Balaban J connectivity index is 1.78. The third-order valence-electron chi connectivity index (χ3n) is 3.33. The molecular weight excluding hydrogens is 322 g/mol. The molecule has 5 nitrogen and oxygen atoms in total. The number of amides is 2. The number of pyridine rings is 1. The van der Waals surface area contributed by atoms with Crippen molar-refractivity contribution in [3.05, 3.63) is 59.9 Å². The predicted molar refractivity (Wildman–Crippen MR) is 95.7 cm³/mol. The van der Waals surface area contributed by atoms with Crippen LogP contribution in [0.15, 0.2) is 53.7 Å². The highest BCUT2D eigenvalue weighted by molar-refractivity contribution is 8.00. The fraction of sp³-hybridized carbons (Fsp3) is 0.278. The Labute approximate surface area is 146 Å². The van der Waals surface area contributed by atoms with Crippen LogP contribution in [0.3, 0.4) is 0 Å². The smallest absolute Gasteiger partial charge is 0.271 e. The summed E-state index contributed by atoms with van der Waals surface area (Å²) in [7, 11) is 0. The van der Waals surface area contributed by atoms with E-state index in [0.717, 1.165) is 4.90 Å². The lowest BCUT2D eigenvalue weighted by Gasteiger charge is -2.19. The lowest BCUT2D eigenvalue weighted by molar-refractivity contribution is -0.119. The number of nitrogens with one attached hydrogen (secondary N) is 2. The van der Waals surface area contributed by atoms with Gasteiger partial charge >= 0.3 is 0 Å². The van der Waals surface area contributed by atoms with E-state index in [2.05, 4.69) is 48.7 Å². The lowest BCUT2D eigenvalue weighted by atomic mass is 9.87. The molecule has 0 aliphatic heterocycles. The molecule has 0 saturated heterocycles. The van der Waals surface area contributed by atoms with Gasteiger partial charge in [0.15, 0.2) is 0 Å². The predicted octanol–water partition coefficient (Wildman–Crippen LogP) is 2.93. The summed E-state index contributed by atoms with van der Waals surface area (Å²) in [5.41, 5.74) is 6.52. The van der Waals surface area contributed by atoms with E-state index in [9.17, 15) is 9.59 Å². The SMILES string of the molecule is CC(C)(C)c1ccc(SCC(=O)NNC(=O)c2cccnc2)cc1. The van der Waals surface area contributed by atoms with Crippen molar-refractivity contribution in [1.82, 2.24) is 15.8 Å². The third-order valence-corrected chi connectivity index (χ3v) is 4.34. The van der Waals surface area contributed by atoms with Gasteiger partial charge in [0.2, 0.25) is 5.91 Å². The van der Waals surface area contributed by atoms with Gasteiger partial charge in [-0.05, 0) is 35.2 Å². The van der Waals surface area contributed by atoms with Crippen LogP contribution in [0.2, 0.25) is 0 Å². The summed E-state index contributed by atoms with van der Waals surface area (Å²) in [6.45, 7) is 6.48. The first-order valence-corrected chi connectivity index (χ1v) is 8.57. The standard InChI is InChI=1S/C18H21N3O2S/c1-18(2,3)14-6-8-15(9-7-14)24-12-16(22)20-21-17(23)13-5-4-10-19-11-13/h4-11H,12H2,1-3H3,(H,20,22)(H,21,23). The number of carbonyl (C=O) groups is 2. The highest BCUT2D eigenvalue weighted by Gasteiger charge is 2.13. The molecule has 2 aromatic rings. The van der Waals surface area contributed by atoms with Crippen molar-refractivity contribution in [2.24, 2.45) is 0 Å². The first-order chi connectivity index (χ1) is 11.4. The Morgan fingerprint density at radius 2 is 1.79 bits per heavy atom. The molecule has 0 bridgehead atoms. The van der Waals surface area contributed by atoms with Crippen LogP contribution in [0.4, 0.5) is 0 Å². The van der Waals surface area contributed by atoms with Crippen LogP contribution >= 0.6 is 11.8 Å². The molecular formula is C18H21N3O2S. The molecule has 0 radical (unpaired) electrons. The minimum Gasteiger partial charge on any atom is -0.272 e. The molecule has 0 spiro atoms. The monoisotopic (exact) mass is 343 g/mol. The van der Waals surface area contributed by atoms with Crippen LogP contribution in [0.1, 0.15) is 36.7 Å². The first kappa shape index (κ1) is 18.0. The first-order valence-electron chi connectivity index (χ1n) is 7.59. The van der Waals surface area contributed by atoms with Crippen molar-refractivity contribution >= 4 is 23.6 Å². The molecule has 0 aliphatic rings. The van der Waals surface area contributed by atoms with Crippen molar-refractivity contribution in [2.75, 3.05) is 5.75 Å². The summed E-state index contributed by atoms with van der Waals surface area (Å²) in [5.74, 6) is -0.435. The second-order valence-electron chi connectivity index (χ2n) is 6.31. The van der Waals surface area contributed by atoms with Gasteiger partial charge in [0.25, 0.3) is 5.91 Å². The zero-order valence-corrected chi connectivity index (χ0v) is 14.8. The largest absolute Gasteiger partial charge is 0.272 e. The van der Waals surface area contributed by atoms with Crippen LogP contribution in [0.25, 0.3) is 0 Å². The normalized spacial score (nSPS) is 11.0. The van der Waals surface area contributed by atoms with Crippen LogP contribution in [0.5, 0.6) is 0 Å². The Hall–Kier alpha value is -2.34. The maximum absolute atomic E-state index is 11.8. The van der Waals surface area contributed by atoms with Crippen LogP contribution in [-0.4, -0.2) is 22.6 Å². The minimum atomic E-state index is -0.393. The van der Waals surface area contributed by atoms with Crippen LogP contribution in [0, 0.1) is 0 Å². The zero-order valence-electron chi connectivity index (χ0n) is 14.0. The Morgan fingerprint density at radius 1 is 1.08 bits per heavy atom. The Morgan fingerprint density at radius 3 is 2.38 bits per heavy atom. The number of hydrazine groups is 1. The van der Waals surface area contributed by atoms with Crippen molar-refractivity contribution in [2.45, 2.75) is 31.1 Å². The molecule has 126 valence electrons. The molecule has 0 unspecified atom stereocenters. The topological polar surface area (TPSA) is 71.1 Å². The van der Waals surface area contributed by atoms with Crippen LogP contribution in [-0.2, 0) is 10.2 Å². The van der Waals surface area contributed by atoms with E-state index >= 15 is 0 Å². The fourth-order valence-electron chi connectivity index (χ4n) is 1.93. The van der Waals surface area contributed by atoms with E-state index in [1.54, 1.807) is 18.3 Å². The Kier molecular flexibility index (Phi) is 5.98. The number of hydrogen-bond acceptors (Lipinski definition) is 4. The van der Waals surface area contributed by atoms with Gasteiger partial charge in [-0.1, -0.05) is 32.9 Å². The average molecular weight is 343 g/mol. The Bertz CT molecular complexity index is 694. The number of aromatic nitrogens is 1. The number of thioether (sulfide) groups is 1. The van der Waals surface area contributed by atoms with E-state index in [1.807, 2.05) is 12.1 Å². The lowest BCUT2D eigenvalue weighted by Crippen LogP contribution is -2.42. The summed E-state index contributed by atoms with van der Waals surface area (Å²) in [6, 6.07) is 11.4. The fourth-order valence-corrected chi connectivity index (χ4v) is 2.63. The molecule has 6 heteroatoms. The van der Waals surface area contributed by atoms with Gasteiger partial charge in [-0.2, -0.15) is 0 Å². The van der Waals surface area contributed by atoms with Gasteiger partial charge in [-0.3, -0.25) is 25.4 Å². The van der Waals surface area contributed by atoms with E-state index in [-0.39, 0.29) is 17.1 Å². The summed E-state index contributed by atoms with van der Waals surface area (Å²) in [5, 5.41) is 0. The maximum atomic E-state index is 11.8. The van der Waals surface area contributed by atoms with Crippen molar-refractivity contribution < 1.29 is 9.59 Å². The van der Waals surface area contributed by atoms with Gasteiger partial charge in [0.1, 0.15) is 0 Å². The zero-order chi connectivity index (χ0) is 17.6. The molecule has 0 atom stereocenters.